The molecule has 0 saturated heterocycles. The molecule has 0 radical (unpaired) electrons. The van der Waals surface area contributed by atoms with E-state index >= 15 is 0 Å². The third-order valence-corrected chi connectivity index (χ3v) is 3.37. The fourth-order valence-corrected chi connectivity index (χ4v) is 2.06. The Morgan fingerprint density at radius 1 is 1.30 bits per heavy atom. The largest absolute Gasteiger partial charge is 0.472 e. The molecule has 0 bridgehead atoms. The highest BCUT2D eigenvalue weighted by Crippen LogP contribution is 2.22. The highest BCUT2D eigenvalue weighted by molar-refractivity contribution is 5.27. The van der Waals surface area contributed by atoms with Crippen LogP contribution in [0.25, 0.3) is 0 Å². The highest BCUT2D eigenvalue weighted by atomic mass is 16.5. The van der Waals surface area contributed by atoms with Crippen LogP contribution in [0.1, 0.15) is 50.8 Å². The van der Waals surface area contributed by atoms with Crippen molar-refractivity contribution in [2.75, 3.05) is 13.7 Å². The summed E-state index contributed by atoms with van der Waals surface area (Å²) in [5.74, 6) is 1.10. The molecule has 1 aliphatic rings. The molecule has 112 valence electrons. The summed E-state index contributed by atoms with van der Waals surface area (Å²) in [5, 5.41) is 3.54. The first-order chi connectivity index (χ1) is 9.58. The molecule has 0 aromatic carbocycles. The Morgan fingerprint density at radius 3 is 2.65 bits per heavy atom. The molecule has 0 amide bonds. The Labute approximate surface area is 121 Å². The summed E-state index contributed by atoms with van der Waals surface area (Å²) in [6, 6.07) is 4.92. The maximum atomic E-state index is 5.84. The summed E-state index contributed by atoms with van der Waals surface area (Å²) < 4.78 is 11.0. The SMILES string of the molecule is COCC(C)Oc1cc(CNC2CC2)cc(C(C)C)n1. The normalized spacial score (nSPS) is 16.4. The molecule has 1 unspecified atom stereocenters. The predicted octanol–water partition coefficient (Wildman–Crippen LogP) is 2.87. The van der Waals surface area contributed by atoms with Gasteiger partial charge in [0.25, 0.3) is 0 Å². The van der Waals surface area contributed by atoms with Gasteiger partial charge in [-0.1, -0.05) is 13.8 Å². The van der Waals surface area contributed by atoms with Crippen LogP contribution in [-0.4, -0.2) is 30.8 Å². The van der Waals surface area contributed by atoms with Crippen molar-refractivity contribution in [1.29, 1.82) is 0 Å². The summed E-state index contributed by atoms with van der Waals surface area (Å²) in [5.41, 5.74) is 2.33. The van der Waals surface area contributed by atoms with Crippen LogP contribution < -0.4 is 10.1 Å². The second-order valence-electron chi connectivity index (χ2n) is 5.93. The van der Waals surface area contributed by atoms with Gasteiger partial charge in [-0.2, -0.15) is 0 Å². The van der Waals surface area contributed by atoms with Gasteiger partial charge in [0.15, 0.2) is 0 Å². The van der Waals surface area contributed by atoms with Gasteiger partial charge in [0.05, 0.1) is 6.61 Å². The van der Waals surface area contributed by atoms with Crippen molar-refractivity contribution >= 4 is 0 Å². The van der Waals surface area contributed by atoms with Crippen molar-refractivity contribution in [3.63, 3.8) is 0 Å². The number of nitrogens with zero attached hydrogens (tertiary/aromatic N) is 1. The van der Waals surface area contributed by atoms with E-state index in [1.807, 2.05) is 13.0 Å². The third kappa shape index (κ3) is 4.76. The summed E-state index contributed by atoms with van der Waals surface area (Å²) in [4.78, 5) is 4.59. The molecule has 1 heterocycles. The Balaban J connectivity index is 2.07. The highest BCUT2D eigenvalue weighted by Gasteiger charge is 2.20. The minimum absolute atomic E-state index is 0.0131. The maximum Gasteiger partial charge on any atom is 0.214 e. The van der Waals surface area contributed by atoms with E-state index in [0.717, 1.165) is 12.2 Å². The van der Waals surface area contributed by atoms with Crippen LogP contribution in [0.15, 0.2) is 12.1 Å². The Kier molecular flexibility index (Phi) is 5.38. The zero-order valence-corrected chi connectivity index (χ0v) is 13.0. The van der Waals surface area contributed by atoms with Crippen molar-refractivity contribution in [1.82, 2.24) is 10.3 Å². The molecule has 1 saturated carbocycles. The summed E-state index contributed by atoms with van der Waals surface area (Å²) >= 11 is 0. The molecule has 4 nitrogen and oxygen atoms in total. The lowest BCUT2D eigenvalue weighted by Crippen LogP contribution is -2.20. The van der Waals surface area contributed by atoms with Crippen molar-refractivity contribution in [3.8, 4) is 5.88 Å². The molecule has 1 aromatic heterocycles. The summed E-state index contributed by atoms with van der Waals surface area (Å²) in [6.45, 7) is 7.77. The zero-order chi connectivity index (χ0) is 14.5. The first-order valence-corrected chi connectivity index (χ1v) is 7.48. The van der Waals surface area contributed by atoms with Crippen LogP contribution in [-0.2, 0) is 11.3 Å². The van der Waals surface area contributed by atoms with Crippen LogP contribution in [0.4, 0.5) is 0 Å². The summed E-state index contributed by atoms with van der Waals surface area (Å²) in [7, 11) is 1.68. The van der Waals surface area contributed by atoms with Crippen LogP contribution in [0.5, 0.6) is 5.88 Å². The lowest BCUT2D eigenvalue weighted by atomic mass is 10.1. The van der Waals surface area contributed by atoms with Gasteiger partial charge in [0, 0.05) is 31.5 Å². The lowest BCUT2D eigenvalue weighted by molar-refractivity contribution is 0.0887. The number of methoxy groups -OCH3 is 1. The average Bonchev–Trinajstić information content (AvgIpc) is 3.20. The minimum atomic E-state index is 0.0131. The zero-order valence-electron chi connectivity index (χ0n) is 13.0. The van der Waals surface area contributed by atoms with Gasteiger partial charge in [-0.15, -0.1) is 0 Å². The minimum Gasteiger partial charge on any atom is -0.472 e. The number of hydrogen-bond donors (Lipinski definition) is 1. The van der Waals surface area contributed by atoms with Gasteiger partial charge in [0.1, 0.15) is 6.10 Å². The molecule has 1 fully saturated rings. The fourth-order valence-electron chi connectivity index (χ4n) is 2.06. The molecular formula is C16H26N2O2. The van der Waals surface area contributed by atoms with E-state index in [1.165, 1.54) is 18.4 Å². The molecule has 1 atom stereocenters. The first-order valence-electron chi connectivity index (χ1n) is 7.48. The number of hydrogen-bond acceptors (Lipinski definition) is 4. The Morgan fingerprint density at radius 2 is 2.05 bits per heavy atom. The second-order valence-corrected chi connectivity index (χ2v) is 5.93. The standard InChI is InChI=1S/C16H26N2O2/c1-11(2)15-7-13(9-17-14-5-6-14)8-16(18-15)20-12(3)10-19-4/h7-8,11-12,14,17H,5-6,9-10H2,1-4H3. The number of nitrogens with one attached hydrogen (secondary N) is 1. The van der Waals surface area contributed by atoms with Crippen molar-refractivity contribution < 1.29 is 9.47 Å². The number of aromatic nitrogens is 1. The van der Waals surface area contributed by atoms with E-state index < -0.39 is 0 Å². The van der Waals surface area contributed by atoms with Crippen LogP contribution in [0.2, 0.25) is 0 Å². The van der Waals surface area contributed by atoms with Crippen LogP contribution in [0.3, 0.4) is 0 Å². The van der Waals surface area contributed by atoms with Gasteiger partial charge in [0.2, 0.25) is 5.88 Å². The Bertz CT molecular complexity index is 430. The molecule has 1 aromatic rings. The van der Waals surface area contributed by atoms with Crippen molar-refractivity contribution in [3.05, 3.63) is 23.4 Å². The molecule has 0 spiro atoms. The number of ether oxygens (including phenoxy) is 2. The third-order valence-electron chi connectivity index (χ3n) is 3.37. The monoisotopic (exact) mass is 278 g/mol. The number of pyridine rings is 1. The Hall–Kier alpha value is -1.13. The number of rotatable bonds is 8. The molecular weight excluding hydrogens is 252 g/mol. The van der Waals surface area contributed by atoms with Crippen molar-refractivity contribution in [2.45, 2.75) is 58.2 Å². The van der Waals surface area contributed by atoms with Gasteiger partial charge < -0.3 is 14.8 Å². The molecule has 4 heteroatoms. The first kappa shape index (κ1) is 15.3. The van der Waals surface area contributed by atoms with E-state index in [9.17, 15) is 0 Å². The van der Waals surface area contributed by atoms with Gasteiger partial charge in [-0.05, 0) is 37.3 Å². The smallest absolute Gasteiger partial charge is 0.214 e. The second kappa shape index (κ2) is 7.04. The van der Waals surface area contributed by atoms with Gasteiger partial charge in [-0.25, -0.2) is 4.98 Å². The summed E-state index contributed by atoms with van der Waals surface area (Å²) in [6.07, 6.45) is 2.62. The van der Waals surface area contributed by atoms with Crippen LogP contribution >= 0.6 is 0 Å². The van der Waals surface area contributed by atoms with E-state index in [-0.39, 0.29) is 6.10 Å². The van der Waals surface area contributed by atoms with Crippen molar-refractivity contribution in [2.24, 2.45) is 0 Å². The maximum absolute atomic E-state index is 5.84. The molecule has 1 aliphatic carbocycles. The predicted molar refractivity (Wildman–Crippen MR) is 80.2 cm³/mol. The quantitative estimate of drug-likeness (QED) is 0.794. The van der Waals surface area contributed by atoms with Gasteiger partial charge >= 0.3 is 0 Å². The van der Waals surface area contributed by atoms with E-state index in [4.69, 9.17) is 9.47 Å². The molecule has 0 aliphatic heterocycles. The van der Waals surface area contributed by atoms with E-state index in [0.29, 0.717) is 24.4 Å². The average molecular weight is 278 g/mol. The van der Waals surface area contributed by atoms with Crippen LogP contribution in [0, 0.1) is 0 Å². The molecule has 1 N–H and O–H groups in total. The fraction of sp³-hybridized carbons (Fsp3) is 0.688. The van der Waals surface area contributed by atoms with E-state index in [1.54, 1.807) is 7.11 Å². The topological polar surface area (TPSA) is 43.4 Å². The lowest BCUT2D eigenvalue weighted by Gasteiger charge is -2.16. The van der Waals surface area contributed by atoms with E-state index in [2.05, 4.69) is 30.2 Å². The molecule has 20 heavy (non-hydrogen) atoms. The molecule has 2 rings (SSSR count). The van der Waals surface area contributed by atoms with Gasteiger partial charge in [-0.3, -0.25) is 0 Å².